The molecule has 0 fully saturated rings. The number of carboxylic acid groups (broad SMARTS) is 2. The maximum Gasteiger partial charge on any atom is 0.306 e. The van der Waals surface area contributed by atoms with Crippen LogP contribution in [0, 0.1) is 11.8 Å². The van der Waals surface area contributed by atoms with Crippen molar-refractivity contribution in [2.24, 2.45) is 11.8 Å². The number of unbranched alkanes of at least 4 members (excludes halogenated alkanes) is 2. The highest BCUT2D eigenvalue weighted by Gasteiger charge is 2.11. The number of rotatable bonds is 8. The molecule has 4 heteroatoms. The average Bonchev–Trinajstić information content (AvgIpc) is 2.16. The van der Waals surface area contributed by atoms with Gasteiger partial charge in [-0.3, -0.25) is 9.59 Å². The van der Waals surface area contributed by atoms with Crippen LogP contribution in [-0.4, -0.2) is 22.2 Å². The second kappa shape index (κ2) is 7.26. The fourth-order valence-electron chi connectivity index (χ4n) is 1.32. The molecule has 15 heavy (non-hydrogen) atoms. The first-order valence-corrected chi connectivity index (χ1v) is 5.40. The van der Waals surface area contributed by atoms with Gasteiger partial charge in [0.25, 0.3) is 0 Å². The van der Waals surface area contributed by atoms with E-state index in [0.29, 0.717) is 12.8 Å². The van der Waals surface area contributed by atoms with Gasteiger partial charge in [0.05, 0.1) is 11.8 Å². The first kappa shape index (κ1) is 13.9. The summed E-state index contributed by atoms with van der Waals surface area (Å²) in [5.74, 6) is -2.09. The van der Waals surface area contributed by atoms with Gasteiger partial charge in [-0.25, -0.2) is 0 Å². The number of aliphatic carboxylic acids is 2. The van der Waals surface area contributed by atoms with E-state index in [1.54, 1.807) is 13.8 Å². The van der Waals surface area contributed by atoms with E-state index in [1.165, 1.54) is 0 Å². The van der Waals surface area contributed by atoms with Gasteiger partial charge in [-0.05, 0) is 12.8 Å². The van der Waals surface area contributed by atoms with Crippen LogP contribution in [0.25, 0.3) is 0 Å². The molecule has 0 aliphatic rings. The molecule has 0 saturated heterocycles. The van der Waals surface area contributed by atoms with Crippen molar-refractivity contribution in [3.8, 4) is 0 Å². The van der Waals surface area contributed by atoms with Crippen molar-refractivity contribution >= 4 is 11.9 Å². The third-order valence-corrected chi connectivity index (χ3v) is 2.62. The molecule has 0 rings (SSSR count). The highest BCUT2D eigenvalue weighted by atomic mass is 16.4. The Kier molecular flexibility index (Phi) is 6.75. The van der Waals surface area contributed by atoms with Gasteiger partial charge in [0, 0.05) is 0 Å². The van der Waals surface area contributed by atoms with E-state index in [-0.39, 0.29) is 11.8 Å². The maximum absolute atomic E-state index is 10.5. The molecule has 0 aromatic carbocycles. The Balaban J connectivity index is 3.40. The smallest absolute Gasteiger partial charge is 0.306 e. The van der Waals surface area contributed by atoms with Crippen LogP contribution in [0.15, 0.2) is 0 Å². The number of carboxylic acids is 2. The minimum Gasteiger partial charge on any atom is -0.481 e. The first-order valence-electron chi connectivity index (χ1n) is 5.40. The predicted molar refractivity (Wildman–Crippen MR) is 56.7 cm³/mol. The van der Waals surface area contributed by atoms with Gasteiger partial charge in [0.1, 0.15) is 0 Å². The van der Waals surface area contributed by atoms with Crippen molar-refractivity contribution < 1.29 is 19.8 Å². The molecule has 0 aromatic heterocycles. The van der Waals surface area contributed by atoms with Crippen LogP contribution in [0.1, 0.15) is 46.0 Å². The summed E-state index contributed by atoms with van der Waals surface area (Å²) in [6.45, 7) is 3.39. The summed E-state index contributed by atoms with van der Waals surface area (Å²) in [5, 5.41) is 17.2. The lowest BCUT2D eigenvalue weighted by molar-refractivity contribution is -0.142. The zero-order chi connectivity index (χ0) is 11.8. The van der Waals surface area contributed by atoms with Crippen molar-refractivity contribution in [2.75, 3.05) is 0 Å². The van der Waals surface area contributed by atoms with Crippen molar-refractivity contribution in [2.45, 2.75) is 46.0 Å². The summed E-state index contributed by atoms with van der Waals surface area (Å²) in [7, 11) is 0. The highest BCUT2D eigenvalue weighted by molar-refractivity contribution is 5.69. The van der Waals surface area contributed by atoms with Gasteiger partial charge in [-0.2, -0.15) is 0 Å². The van der Waals surface area contributed by atoms with Crippen molar-refractivity contribution in [3.05, 3.63) is 0 Å². The van der Waals surface area contributed by atoms with Crippen molar-refractivity contribution in [1.29, 1.82) is 0 Å². The van der Waals surface area contributed by atoms with Gasteiger partial charge < -0.3 is 10.2 Å². The molecule has 0 aliphatic heterocycles. The molecular weight excluding hydrogens is 196 g/mol. The minimum atomic E-state index is -0.756. The van der Waals surface area contributed by atoms with Crippen molar-refractivity contribution in [3.63, 3.8) is 0 Å². The number of hydrogen-bond acceptors (Lipinski definition) is 2. The summed E-state index contributed by atoms with van der Waals surface area (Å²) in [4.78, 5) is 21.0. The zero-order valence-corrected chi connectivity index (χ0v) is 9.40. The summed E-state index contributed by atoms with van der Waals surface area (Å²) in [6.07, 6.45) is 3.99. The monoisotopic (exact) mass is 216 g/mol. The molecule has 2 atom stereocenters. The molecule has 4 nitrogen and oxygen atoms in total. The Bertz CT molecular complexity index is 191. The Morgan fingerprint density at radius 3 is 1.47 bits per heavy atom. The van der Waals surface area contributed by atoms with Crippen LogP contribution in [0.3, 0.4) is 0 Å². The van der Waals surface area contributed by atoms with E-state index in [4.69, 9.17) is 10.2 Å². The SMILES string of the molecule is C[C@H](CCCCC[C@H](C)C(=O)O)C(=O)O. The standard InChI is InChI=1S/C11H20O4/c1-8(10(12)13)6-4-3-5-7-9(2)11(14)15/h8-9H,3-7H2,1-2H3,(H,12,13)(H,14,15)/t8-,9+. The van der Waals surface area contributed by atoms with Crippen LogP contribution >= 0.6 is 0 Å². The Labute approximate surface area is 90.3 Å². The summed E-state index contributed by atoms with van der Waals surface area (Å²) in [6, 6.07) is 0. The molecule has 0 bridgehead atoms. The van der Waals surface area contributed by atoms with Gasteiger partial charge in [-0.15, -0.1) is 0 Å². The molecule has 0 unspecified atom stereocenters. The topological polar surface area (TPSA) is 74.6 Å². The average molecular weight is 216 g/mol. The minimum absolute atomic E-state index is 0.290. The van der Waals surface area contributed by atoms with Gasteiger partial charge >= 0.3 is 11.9 Å². The highest BCUT2D eigenvalue weighted by Crippen LogP contribution is 2.13. The van der Waals surface area contributed by atoms with Crippen LogP contribution in [0.2, 0.25) is 0 Å². The number of carbonyl (C=O) groups is 2. The van der Waals surface area contributed by atoms with E-state index in [9.17, 15) is 9.59 Å². The molecular formula is C11H20O4. The van der Waals surface area contributed by atoms with E-state index in [2.05, 4.69) is 0 Å². The lowest BCUT2D eigenvalue weighted by Crippen LogP contribution is -2.10. The molecule has 0 amide bonds. The maximum atomic E-state index is 10.5. The molecule has 0 spiro atoms. The van der Waals surface area contributed by atoms with E-state index in [1.807, 2.05) is 0 Å². The zero-order valence-electron chi connectivity index (χ0n) is 9.40. The quantitative estimate of drug-likeness (QED) is 0.611. The lowest BCUT2D eigenvalue weighted by Gasteiger charge is -2.07. The van der Waals surface area contributed by atoms with Crippen molar-refractivity contribution in [1.82, 2.24) is 0 Å². The fraction of sp³-hybridized carbons (Fsp3) is 0.818. The third kappa shape index (κ3) is 6.94. The van der Waals surface area contributed by atoms with Crippen LogP contribution in [0.5, 0.6) is 0 Å². The fourth-order valence-corrected chi connectivity index (χ4v) is 1.32. The molecule has 0 aromatic rings. The number of hydrogen-bond donors (Lipinski definition) is 2. The van der Waals surface area contributed by atoms with E-state index < -0.39 is 11.9 Å². The first-order chi connectivity index (χ1) is 6.95. The van der Waals surface area contributed by atoms with Crippen LogP contribution in [0.4, 0.5) is 0 Å². The normalized spacial score (nSPS) is 14.5. The van der Waals surface area contributed by atoms with Gasteiger partial charge in [-0.1, -0.05) is 33.1 Å². The lowest BCUT2D eigenvalue weighted by atomic mass is 9.99. The van der Waals surface area contributed by atoms with Gasteiger partial charge in [0.15, 0.2) is 0 Å². The third-order valence-electron chi connectivity index (χ3n) is 2.62. The van der Waals surface area contributed by atoms with E-state index >= 15 is 0 Å². The summed E-state index contributed by atoms with van der Waals surface area (Å²) < 4.78 is 0. The molecule has 88 valence electrons. The molecule has 0 heterocycles. The Hall–Kier alpha value is -1.06. The molecule has 2 N–H and O–H groups in total. The van der Waals surface area contributed by atoms with Crippen LogP contribution < -0.4 is 0 Å². The largest absolute Gasteiger partial charge is 0.481 e. The summed E-state index contributed by atoms with van der Waals surface area (Å²) >= 11 is 0. The van der Waals surface area contributed by atoms with Gasteiger partial charge in [0.2, 0.25) is 0 Å². The molecule has 0 aliphatic carbocycles. The second-order valence-corrected chi connectivity index (χ2v) is 4.12. The molecule has 0 radical (unpaired) electrons. The molecule has 0 saturated carbocycles. The predicted octanol–water partition coefficient (Wildman–Crippen LogP) is 2.38. The second-order valence-electron chi connectivity index (χ2n) is 4.12. The van der Waals surface area contributed by atoms with E-state index in [0.717, 1.165) is 19.3 Å². The summed E-state index contributed by atoms with van der Waals surface area (Å²) in [5.41, 5.74) is 0. The van der Waals surface area contributed by atoms with Crippen LogP contribution in [-0.2, 0) is 9.59 Å². The Morgan fingerprint density at radius 1 is 0.867 bits per heavy atom. The Morgan fingerprint density at radius 2 is 1.20 bits per heavy atom.